The van der Waals surface area contributed by atoms with Crippen LogP contribution in [0, 0.1) is 11.8 Å². The smallest absolute Gasteiger partial charge is 0.331 e. The Morgan fingerprint density at radius 2 is 1.55 bits per heavy atom. The summed E-state index contributed by atoms with van der Waals surface area (Å²) < 4.78 is 0. The lowest BCUT2D eigenvalue weighted by atomic mass is 9.94. The minimum Gasteiger partial charge on any atom is -0.478 e. The van der Waals surface area contributed by atoms with Gasteiger partial charge in [-0.15, -0.1) is 0 Å². The van der Waals surface area contributed by atoms with Gasteiger partial charge < -0.3 is 15.3 Å². The molecule has 0 radical (unpaired) electrons. The number of carbonyl (C=O) groups is 4. The van der Waals surface area contributed by atoms with Crippen LogP contribution in [0.1, 0.15) is 82.3 Å². The fourth-order valence-corrected chi connectivity index (χ4v) is 5.83. The van der Waals surface area contributed by atoms with Crippen molar-refractivity contribution in [2.45, 2.75) is 91.4 Å². The van der Waals surface area contributed by atoms with E-state index in [0.29, 0.717) is 17.0 Å². The minimum absolute atomic E-state index is 0.0568. The number of rotatable bonds is 13. The molecule has 0 aromatic heterocycles. The van der Waals surface area contributed by atoms with Gasteiger partial charge >= 0.3 is 5.97 Å². The number of carbonyl (C=O) groups excluding carboxylic acids is 3. The van der Waals surface area contributed by atoms with E-state index >= 15 is 0 Å². The van der Waals surface area contributed by atoms with Crippen molar-refractivity contribution >= 4 is 23.6 Å². The van der Waals surface area contributed by atoms with Crippen molar-refractivity contribution in [3.8, 4) is 0 Å². The summed E-state index contributed by atoms with van der Waals surface area (Å²) in [6, 6.07) is 14.7. The molecule has 3 rings (SSSR count). The van der Waals surface area contributed by atoms with Gasteiger partial charge in [0, 0.05) is 36.2 Å². The van der Waals surface area contributed by atoms with Crippen molar-refractivity contribution < 1.29 is 24.3 Å². The van der Waals surface area contributed by atoms with Crippen molar-refractivity contribution in [2.24, 2.45) is 11.8 Å². The molecule has 1 saturated heterocycles. The molecular formula is C36H49N3O5. The van der Waals surface area contributed by atoms with E-state index < -0.39 is 18.1 Å². The largest absolute Gasteiger partial charge is 0.478 e. The van der Waals surface area contributed by atoms with Crippen LogP contribution in [0.2, 0.25) is 0 Å². The lowest BCUT2D eigenvalue weighted by Gasteiger charge is -2.41. The first-order chi connectivity index (χ1) is 20.8. The maximum Gasteiger partial charge on any atom is 0.331 e. The lowest BCUT2D eigenvalue weighted by molar-refractivity contribution is -0.139. The first-order valence-electron chi connectivity index (χ1n) is 15.7. The summed E-state index contributed by atoms with van der Waals surface area (Å²) in [6.07, 6.45) is 4.54. The van der Waals surface area contributed by atoms with E-state index in [1.54, 1.807) is 42.3 Å². The fraction of sp³-hybridized carbons (Fsp3) is 0.500. The van der Waals surface area contributed by atoms with Gasteiger partial charge in [-0.3, -0.25) is 19.3 Å². The van der Waals surface area contributed by atoms with Crippen LogP contribution in [0.3, 0.4) is 0 Å². The first kappa shape index (κ1) is 34.7. The van der Waals surface area contributed by atoms with E-state index in [0.717, 1.165) is 31.4 Å². The molecule has 0 aliphatic carbocycles. The summed E-state index contributed by atoms with van der Waals surface area (Å²) in [5, 5.41) is 12.6. The molecule has 1 aliphatic heterocycles. The quantitative estimate of drug-likeness (QED) is 0.236. The average molecular weight is 604 g/mol. The van der Waals surface area contributed by atoms with Gasteiger partial charge in [-0.1, -0.05) is 94.8 Å². The number of nitrogens with one attached hydrogen (secondary N) is 1. The number of carboxylic acid groups (broad SMARTS) is 1. The highest BCUT2D eigenvalue weighted by Gasteiger charge is 2.36. The number of hydrogen-bond donors (Lipinski definition) is 2. The van der Waals surface area contributed by atoms with Crippen LogP contribution < -0.4 is 5.32 Å². The molecule has 1 heterocycles. The Morgan fingerprint density at radius 3 is 2.11 bits per heavy atom. The highest BCUT2D eigenvalue weighted by Crippen LogP contribution is 2.24. The number of benzene rings is 2. The summed E-state index contributed by atoms with van der Waals surface area (Å²) in [5.74, 6) is -1.27. The Bertz CT molecular complexity index is 1320. The third-order valence-corrected chi connectivity index (χ3v) is 8.88. The molecule has 1 aliphatic rings. The van der Waals surface area contributed by atoms with Crippen LogP contribution in [-0.2, 0) is 20.8 Å². The fourth-order valence-electron chi connectivity index (χ4n) is 5.83. The van der Waals surface area contributed by atoms with Crippen molar-refractivity contribution in [3.63, 3.8) is 0 Å². The summed E-state index contributed by atoms with van der Waals surface area (Å²) in [4.78, 5) is 56.3. The van der Waals surface area contributed by atoms with E-state index in [9.17, 15) is 24.3 Å². The Labute approximate surface area is 262 Å². The van der Waals surface area contributed by atoms with E-state index in [4.69, 9.17) is 0 Å². The molecule has 1 fully saturated rings. The number of piperidine rings is 1. The zero-order chi connectivity index (χ0) is 32.6. The number of carboxylic acids is 1. The number of aliphatic carboxylic acids is 1. The molecule has 2 aromatic carbocycles. The number of likely N-dealkylation sites (tertiary alicyclic amines) is 1. The molecule has 0 saturated carbocycles. The van der Waals surface area contributed by atoms with Crippen molar-refractivity contribution in [1.29, 1.82) is 0 Å². The molecule has 44 heavy (non-hydrogen) atoms. The first-order valence-corrected chi connectivity index (χ1v) is 15.7. The van der Waals surface area contributed by atoms with Crippen LogP contribution in [0.4, 0.5) is 0 Å². The molecule has 2 aromatic rings. The highest BCUT2D eigenvalue weighted by atomic mass is 16.4. The standard InChI is InChI=1S/C36H49N3O5/c1-23(2)26(6)39-20-12-11-15-31(39)34(41)37-30(35(42)38(7)32(24(3)4)21-25(5)36(43)44)22-27-16-18-29(19-17-27)33(40)28-13-9-8-10-14-28/h8-10,13-14,16-19,21,23-24,26,30-32H,11-12,15,20,22H2,1-7H3,(H,37,41)(H,43,44)/b25-21+/t26?,30-,31+,32+/m0/s1. The predicted octanol–water partition coefficient (Wildman–Crippen LogP) is 5.36. The van der Waals surface area contributed by atoms with E-state index in [1.807, 2.05) is 44.2 Å². The molecule has 2 N–H and O–H groups in total. The molecule has 1 unspecified atom stereocenters. The lowest BCUT2D eigenvalue weighted by Crippen LogP contribution is -2.58. The van der Waals surface area contributed by atoms with E-state index in [1.165, 1.54) is 6.92 Å². The minimum atomic E-state index is -1.04. The molecule has 8 heteroatoms. The van der Waals surface area contributed by atoms with Crippen molar-refractivity contribution in [1.82, 2.24) is 15.1 Å². The SMILES string of the molecule is C/C(=C\[C@H](C(C)C)N(C)C(=O)[C@H](Cc1ccc(C(=O)c2ccccc2)cc1)NC(=O)[C@H]1CCCCN1C(C)C(C)C)C(=O)O. The number of amides is 2. The summed E-state index contributed by atoms with van der Waals surface area (Å²) in [5.41, 5.74) is 2.09. The Morgan fingerprint density at radius 1 is 0.932 bits per heavy atom. The normalized spacial score (nSPS) is 18.0. The summed E-state index contributed by atoms with van der Waals surface area (Å²) in [7, 11) is 1.66. The molecule has 2 amide bonds. The molecule has 8 nitrogen and oxygen atoms in total. The predicted molar refractivity (Wildman–Crippen MR) is 173 cm³/mol. The van der Waals surface area contributed by atoms with E-state index in [2.05, 4.69) is 31.0 Å². The number of likely N-dealkylation sites (N-methyl/N-ethyl adjacent to an activating group) is 1. The number of ketones is 1. The average Bonchev–Trinajstić information content (AvgIpc) is 3.02. The number of nitrogens with zero attached hydrogens (tertiary/aromatic N) is 2. The molecule has 0 bridgehead atoms. The Kier molecular flexibility index (Phi) is 12.5. The third kappa shape index (κ3) is 8.88. The summed E-state index contributed by atoms with van der Waals surface area (Å²) in [6.45, 7) is 12.7. The van der Waals surface area contributed by atoms with Crippen LogP contribution in [0.25, 0.3) is 0 Å². The zero-order valence-electron chi connectivity index (χ0n) is 27.2. The zero-order valence-corrected chi connectivity index (χ0v) is 27.2. The second-order valence-corrected chi connectivity index (χ2v) is 12.7. The molecule has 4 atom stereocenters. The second kappa shape index (κ2) is 15.8. The van der Waals surface area contributed by atoms with Gasteiger partial charge in [0.15, 0.2) is 5.78 Å². The summed E-state index contributed by atoms with van der Waals surface area (Å²) >= 11 is 0. The third-order valence-electron chi connectivity index (χ3n) is 8.88. The highest BCUT2D eigenvalue weighted by molar-refractivity contribution is 6.09. The maximum absolute atomic E-state index is 14.1. The van der Waals surface area contributed by atoms with Crippen LogP contribution in [-0.4, -0.2) is 76.2 Å². The monoisotopic (exact) mass is 603 g/mol. The van der Waals surface area contributed by atoms with Crippen LogP contribution >= 0.6 is 0 Å². The van der Waals surface area contributed by atoms with Gasteiger partial charge in [0.25, 0.3) is 0 Å². The molecule has 238 valence electrons. The van der Waals surface area contributed by atoms with Crippen LogP contribution in [0.5, 0.6) is 0 Å². The van der Waals surface area contributed by atoms with Gasteiger partial charge in [0.2, 0.25) is 11.8 Å². The van der Waals surface area contributed by atoms with E-state index in [-0.39, 0.29) is 47.6 Å². The second-order valence-electron chi connectivity index (χ2n) is 12.7. The van der Waals surface area contributed by atoms with Crippen molar-refractivity contribution in [3.05, 3.63) is 82.9 Å². The van der Waals surface area contributed by atoms with Crippen molar-refractivity contribution in [2.75, 3.05) is 13.6 Å². The Hall–Kier alpha value is -3.78. The van der Waals surface area contributed by atoms with Gasteiger partial charge in [-0.25, -0.2) is 4.79 Å². The molecule has 0 spiro atoms. The van der Waals surface area contributed by atoms with Gasteiger partial charge in [-0.2, -0.15) is 0 Å². The molecular weight excluding hydrogens is 554 g/mol. The van der Waals surface area contributed by atoms with Gasteiger partial charge in [0.05, 0.1) is 12.1 Å². The Balaban J connectivity index is 1.91. The topological polar surface area (TPSA) is 107 Å². The van der Waals surface area contributed by atoms with Crippen LogP contribution in [0.15, 0.2) is 66.2 Å². The van der Waals surface area contributed by atoms with Gasteiger partial charge in [-0.05, 0) is 50.6 Å². The maximum atomic E-state index is 14.1. The number of hydrogen-bond acceptors (Lipinski definition) is 5. The van der Waals surface area contributed by atoms with Gasteiger partial charge in [0.1, 0.15) is 6.04 Å².